The van der Waals surface area contributed by atoms with Crippen LogP contribution in [-0.4, -0.2) is 61.4 Å². The molecule has 5 nitrogen and oxygen atoms in total. The molecule has 22 heavy (non-hydrogen) atoms. The second-order valence-electron chi connectivity index (χ2n) is 5.56. The van der Waals surface area contributed by atoms with Crippen molar-refractivity contribution in [2.75, 3.05) is 39.8 Å². The molecular formula is C16H24ClN3O2. The maximum atomic E-state index is 12.5. The minimum atomic E-state index is -0.0888. The quantitative estimate of drug-likeness (QED) is 0.909. The lowest BCUT2D eigenvalue weighted by Crippen LogP contribution is -2.49. The molecule has 2 rings (SSSR count). The molecule has 1 aliphatic heterocycles. The van der Waals surface area contributed by atoms with Crippen molar-refractivity contribution in [1.29, 1.82) is 0 Å². The van der Waals surface area contributed by atoms with Crippen molar-refractivity contribution in [2.45, 2.75) is 13.8 Å². The predicted molar refractivity (Wildman–Crippen MR) is 89.6 cm³/mol. The van der Waals surface area contributed by atoms with E-state index in [2.05, 4.69) is 5.32 Å². The first-order valence-corrected chi connectivity index (χ1v) is 7.31. The topological polar surface area (TPSA) is 52.7 Å². The van der Waals surface area contributed by atoms with E-state index in [9.17, 15) is 9.59 Å². The number of piperazine rings is 1. The van der Waals surface area contributed by atoms with Crippen LogP contribution in [0.4, 0.5) is 0 Å². The number of rotatable bonds is 3. The van der Waals surface area contributed by atoms with Crippen LogP contribution in [0.5, 0.6) is 0 Å². The van der Waals surface area contributed by atoms with Gasteiger partial charge in [-0.15, -0.1) is 12.4 Å². The number of halogens is 1. The Bertz CT molecular complexity index is 522. The molecule has 0 unspecified atom stereocenters. The van der Waals surface area contributed by atoms with Crippen LogP contribution in [0.1, 0.15) is 21.5 Å². The monoisotopic (exact) mass is 325 g/mol. The van der Waals surface area contributed by atoms with Crippen molar-refractivity contribution in [3.8, 4) is 0 Å². The third-order valence-corrected chi connectivity index (χ3v) is 3.88. The molecule has 1 fully saturated rings. The van der Waals surface area contributed by atoms with E-state index < -0.39 is 0 Å². The molecule has 6 heteroatoms. The van der Waals surface area contributed by atoms with Crippen molar-refractivity contribution >= 4 is 24.2 Å². The predicted octanol–water partition coefficient (Wildman–Crippen LogP) is 1.23. The standard InChI is InChI=1S/C16H23N3O2.ClH/c1-12-5-4-6-13(2)15(12)16(21)18(3)11-14(20)19-9-7-17-8-10-19;/h4-6,17H,7-11H2,1-3H3;1H. The van der Waals surface area contributed by atoms with Crippen LogP contribution in [-0.2, 0) is 4.79 Å². The number of benzene rings is 1. The summed E-state index contributed by atoms with van der Waals surface area (Å²) in [7, 11) is 1.69. The molecule has 0 spiro atoms. The lowest BCUT2D eigenvalue weighted by Gasteiger charge is -2.29. The molecule has 1 aromatic carbocycles. The molecule has 0 radical (unpaired) electrons. The van der Waals surface area contributed by atoms with Crippen LogP contribution in [0.3, 0.4) is 0 Å². The van der Waals surface area contributed by atoms with Gasteiger partial charge < -0.3 is 15.1 Å². The van der Waals surface area contributed by atoms with Crippen LogP contribution in [0.25, 0.3) is 0 Å². The average molecular weight is 326 g/mol. The Labute approximate surface area is 138 Å². The summed E-state index contributed by atoms with van der Waals surface area (Å²) in [5.41, 5.74) is 2.59. The number of carbonyl (C=O) groups excluding carboxylic acids is 2. The molecule has 0 saturated carbocycles. The third kappa shape index (κ3) is 4.21. The Balaban J connectivity index is 0.00000242. The summed E-state index contributed by atoms with van der Waals surface area (Å²) in [6.07, 6.45) is 0. The van der Waals surface area contributed by atoms with Gasteiger partial charge in [-0.1, -0.05) is 18.2 Å². The molecule has 1 saturated heterocycles. The van der Waals surface area contributed by atoms with Crippen LogP contribution in [0.15, 0.2) is 18.2 Å². The normalized spacial score (nSPS) is 14.2. The summed E-state index contributed by atoms with van der Waals surface area (Å²) in [4.78, 5) is 28.1. The minimum absolute atomic E-state index is 0. The van der Waals surface area contributed by atoms with E-state index in [0.29, 0.717) is 18.7 Å². The third-order valence-electron chi connectivity index (χ3n) is 3.88. The van der Waals surface area contributed by atoms with Crippen molar-refractivity contribution in [3.63, 3.8) is 0 Å². The number of nitrogens with zero attached hydrogens (tertiary/aromatic N) is 2. The maximum Gasteiger partial charge on any atom is 0.254 e. The van der Waals surface area contributed by atoms with Gasteiger partial charge >= 0.3 is 0 Å². The zero-order valence-corrected chi connectivity index (χ0v) is 14.2. The number of hydrogen-bond acceptors (Lipinski definition) is 3. The highest BCUT2D eigenvalue weighted by molar-refractivity contribution is 5.98. The number of likely N-dealkylation sites (N-methyl/N-ethyl adjacent to an activating group) is 1. The molecule has 0 bridgehead atoms. The molecule has 2 amide bonds. The first kappa shape index (κ1) is 18.5. The minimum Gasteiger partial charge on any atom is -0.339 e. The molecule has 1 heterocycles. The summed E-state index contributed by atoms with van der Waals surface area (Å²) >= 11 is 0. The highest BCUT2D eigenvalue weighted by atomic mass is 35.5. The van der Waals surface area contributed by atoms with E-state index in [-0.39, 0.29) is 30.8 Å². The van der Waals surface area contributed by atoms with Gasteiger partial charge in [0.15, 0.2) is 0 Å². The Hall–Kier alpha value is -1.59. The van der Waals surface area contributed by atoms with Crippen molar-refractivity contribution in [1.82, 2.24) is 15.1 Å². The van der Waals surface area contributed by atoms with Gasteiger partial charge in [-0.3, -0.25) is 9.59 Å². The summed E-state index contributed by atoms with van der Waals surface area (Å²) in [5, 5.41) is 3.21. The van der Waals surface area contributed by atoms with Crippen LogP contribution >= 0.6 is 12.4 Å². The fraction of sp³-hybridized carbons (Fsp3) is 0.500. The van der Waals surface area contributed by atoms with Crippen LogP contribution in [0.2, 0.25) is 0 Å². The fourth-order valence-corrected chi connectivity index (χ4v) is 2.63. The molecule has 1 N–H and O–H groups in total. The molecule has 122 valence electrons. The van der Waals surface area contributed by atoms with Crippen LogP contribution < -0.4 is 5.32 Å². The van der Waals surface area contributed by atoms with Gasteiger partial charge in [0.1, 0.15) is 0 Å². The van der Waals surface area contributed by atoms with Crippen LogP contribution in [0, 0.1) is 13.8 Å². The van der Waals surface area contributed by atoms with Gasteiger partial charge in [-0.05, 0) is 25.0 Å². The van der Waals surface area contributed by atoms with E-state index in [1.165, 1.54) is 4.90 Å². The molecule has 0 atom stereocenters. The first-order chi connectivity index (χ1) is 10.0. The number of amides is 2. The van der Waals surface area contributed by atoms with Crippen molar-refractivity contribution in [3.05, 3.63) is 34.9 Å². The summed E-state index contributed by atoms with van der Waals surface area (Å²) < 4.78 is 0. The Morgan fingerprint density at radius 1 is 1.18 bits per heavy atom. The van der Waals surface area contributed by atoms with Gasteiger partial charge in [0.05, 0.1) is 6.54 Å². The highest BCUT2D eigenvalue weighted by Gasteiger charge is 2.22. The SMILES string of the molecule is Cc1cccc(C)c1C(=O)N(C)CC(=O)N1CCNCC1.Cl. The van der Waals surface area contributed by atoms with Crippen molar-refractivity contribution < 1.29 is 9.59 Å². The lowest BCUT2D eigenvalue weighted by molar-refractivity contribution is -0.132. The molecular weight excluding hydrogens is 302 g/mol. The largest absolute Gasteiger partial charge is 0.339 e. The molecule has 1 aliphatic rings. The van der Waals surface area contributed by atoms with E-state index in [1.807, 2.05) is 36.9 Å². The van der Waals surface area contributed by atoms with Crippen molar-refractivity contribution in [2.24, 2.45) is 0 Å². The number of hydrogen-bond donors (Lipinski definition) is 1. The van der Waals surface area contributed by atoms with E-state index in [0.717, 1.165) is 24.2 Å². The Morgan fingerprint density at radius 3 is 2.27 bits per heavy atom. The zero-order chi connectivity index (χ0) is 15.4. The second-order valence-corrected chi connectivity index (χ2v) is 5.56. The Kier molecular flexibility index (Phi) is 6.84. The second kappa shape index (κ2) is 8.15. The average Bonchev–Trinajstić information content (AvgIpc) is 2.47. The molecule has 0 aromatic heterocycles. The number of aryl methyl sites for hydroxylation is 2. The van der Waals surface area contributed by atoms with Gasteiger partial charge in [0.2, 0.25) is 5.91 Å². The van der Waals surface area contributed by atoms with Gasteiger partial charge in [0.25, 0.3) is 5.91 Å². The van der Waals surface area contributed by atoms with Gasteiger partial charge in [0, 0.05) is 38.8 Å². The molecule has 0 aliphatic carbocycles. The van der Waals surface area contributed by atoms with E-state index in [1.54, 1.807) is 7.05 Å². The molecule has 1 aromatic rings. The maximum absolute atomic E-state index is 12.5. The summed E-state index contributed by atoms with van der Waals surface area (Å²) in [5.74, 6) is -0.0762. The van der Waals surface area contributed by atoms with E-state index >= 15 is 0 Å². The summed E-state index contributed by atoms with van der Waals surface area (Å²) in [6.45, 7) is 7.04. The summed E-state index contributed by atoms with van der Waals surface area (Å²) in [6, 6.07) is 5.78. The lowest BCUT2D eigenvalue weighted by atomic mass is 10.0. The van der Waals surface area contributed by atoms with Gasteiger partial charge in [-0.25, -0.2) is 0 Å². The zero-order valence-electron chi connectivity index (χ0n) is 13.4. The number of nitrogens with one attached hydrogen (secondary N) is 1. The Morgan fingerprint density at radius 2 is 1.73 bits per heavy atom. The van der Waals surface area contributed by atoms with E-state index in [4.69, 9.17) is 0 Å². The first-order valence-electron chi connectivity index (χ1n) is 7.31. The number of carbonyl (C=O) groups is 2. The fourth-order valence-electron chi connectivity index (χ4n) is 2.63. The smallest absolute Gasteiger partial charge is 0.254 e. The van der Waals surface area contributed by atoms with Gasteiger partial charge in [-0.2, -0.15) is 0 Å². The highest BCUT2D eigenvalue weighted by Crippen LogP contribution is 2.15.